The fourth-order valence-electron chi connectivity index (χ4n) is 3.51. The van der Waals surface area contributed by atoms with Crippen molar-refractivity contribution in [2.24, 2.45) is 0 Å². The molecule has 3 amide bonds. The van der Waals surface area contributed by atoms with Crippen molar-refractivity contribution >= 4 is 44.9 Å². The molecule has 3 aromatic rings. The number of hydrogen-bond acceptors (Lipinski definition) is 3. The minimum absolute atomic E-state index is 0.00134. The summed E-state index contributed by atoms with van der Waals surface area (Å²) in [7, 11) is 0. The molecule has 0 unspecified atom stereocenters. The number of hydrogen-bond donors (Lipinski definition) is 1. The summed E-state index contributed by atoms with van der Waals surface area (Å²) in [5.41, 5.74) is 2.65. The molecule has 1 N–H and O–H groups in total. The molecule has 0 spiro atoms. The van der Waals surface area contributed by atoms with Gasteiger partial charge in [0.25, 0.3) is 0 Å². The Balaban J connectivity index is 1.49. The van der Waals surface area contributed by atoms with Gasteiger partial charge in [0, 0.05) is 27.6 Å². The van der Waals surface area contributed by atoms with E-state index >= 15 is 0 Å². The Hall–Kier alpha value is -2.71. The van der Waals surface area contributed by atoms with Crippen LogP contribution in [0, 0.1) is 12.7 Å². The molecule has 1 aliphatic rings. The second-order valence-corrected chi connectivity index (χ2v) is 10.1. The number of thiophene rings is 1. The Kier molecular flexibility index (Phi) is 7.45. The molecule has 2 aromatic carbocycles. The molecule has 1 fully saturated rings. The molecule has 0 bridgehead atoms. The van der Waals surface area contributed by atoms with Gasteiger partial charge in [0.1, 0.15) is 12.4 Å². The van der Waals surface area contributed by atoms with Gasteiger partial charge in [-0.1, -0.05) is 28.1 Å². The maximum Gasteiger partial charge on any atom is 0.322 e. The largest absolute Gasteiger partial charge is 0.332 e. The number of amides is 3. The van der Waals surface area contributed by atoms with Gasteiger partial charge in [-0.2, -0.15) is 0 Å². The average Bonchev–Trinajstić information content (AvgIpc) is 3.56. The third kappa shape index (κ3) is 6.42. The Bertz CT molecular complexity index is 1110. The summed E-state index contributed by atoms with van der Waals surface area (Å²) in [6.45, 7) is 2.82. The first kappa shape index (κ1) is 23.4. The van der Waals surface area contributed by atoms with Gasteiger partial charge >= 0.3 is 6.03 Å². The van der Waals surface area contributed by atoms with Crippen LogP contribution in [0.2, 0.25) is 0 Å². The van der Waals surface area contributed by atoms with Crippen LogP contribution in [-0.4, -0.2) is 34.3 Å². The second kappa shape index (κ2) is 10.5. The van der Waals surface area contributed by atoms with Gasteiger partial charge in [-0.05, 0) is 78.7 Å². The van der Waals surface area contributed by atoms with Crippen molar-refractivity contribution < 1.29 is 14.0 Å². The van der Waals surface area contributed by atoms with E-state index in [-0.39, 0.29) is 30.3 Å². The highest BCUT2D eigenvalue weighted by Gasteiger charge is 2.35. The number of carbonyl (C=O) groups excluding carboxylic acids is 2. The first-order chi connectivity index (χ1) is 15.9. The number of halogens is 2. The van der Waals surface area contributed by atoms with Gasteiger partial charge in [-0.25, -0.2) is 9.18 Å². The molecule has 0 saturated heterocycles. The van der Waals surface area contributed by atoms with E-state index in [9.17, 15) is 14.0 Å². The van der Waals surface area contributed by atoms with Crippen molar-refractivity contribution in [2.75, 3.05) is 11.9 Å². The molecule has 0 radical (unpaired) electrons. The summed E-state index contributed by atoms with van der Waals surface area (Å²) in [6, 6.07) is 15.3. The summed E-state index contributed by atoms with van der Waals surface area (Å²) >= 11 is 4.99. The first-order valence-corrected chi connectivity index (χ1v) is 12.4. The number of benzene rings is 2. The Morgan fingerprint density at radius 3 is 2.36 bits per heavy atom. The zero-order valence-electron chi connectivity index (χ0n) is 18.3. The van der Waals surface area contributed by atoms with E-state index in [1.165, 1.54) is 12.1 Å². The van der Waals surface area contributed by atoms with Gasteiger partial charge in [0.05, 0.1) is 6.54 Å². The highest BCUT2D eigenvalue weighted by atomic mass is 79.9. The van der Waals surface area contributed by atoms with Crippen molar-refractivity contribution in [3.05, 3.63) is 86.3 Å². The van der Waals surface area contributed by atoms with Crippen LogP contribution in [0.1, 0.15) is 28.8 Å². The number of aryl methyl sites for hydroxylation is 1. The number of rotatable bonds is 8. The monoisotopic (exact) mass is 529 g/mol. The molecule has 33 heavy (non-hydrogen) atoms. The summed E-state index contributed by atoms with van der Waals surface area (Å²) in [4.78, 5) is 30.9. The van der Waals surface area contributed by atoms with Gasteiger partial charge in [0.2, 0.25) is 5.91 Å². The number of nitrogens with zero attached hydrogens (tertiary/aromatic N) is 2. The maximum absolute atomic E-state index is 13.4. The fraction of sp³-hybridized carbons (Fsp3) is 0.280. The van der Waals surface area contributed by atoms with Crippen molar-refractivity contribution in [1.82, 2.24) is 9.80 Å². The molecular formula is C25H25BrFN3O2S. The summed E-state index contributed by atoms with van der Waals surface area (Å²) in [5.74, 6) is -0.444. The lowest BCUT2D eigenvalue weighted by molar-refractivity contribution is -0.133. The van der Waals surface area contributed by atoms with Crippen LogP contribution in [0.5, 0.6) is 0 Å². The van der Waals surface area contributed by atoms with Crippen molar-refractivity contribution in [1.29, 1.82) is 0 Å². The average molecular weight is 530 g/mol. The lowest BCUT2D eigenvalue weighted by Crippen LogP contribution is -2.45. The Morgan fingerprint density at radius 2 is 1.76 bits per heavy atom. The third-order valence-electron chi connectivity index (χ3n) is 5.59. The van der Waals surface area contributed by atoms with E-state index < -0.39 is 0 Å². The van der Waals surface area contributed by atoms with E-state index in [1.54, 1.807) is 33.3 Å². The van der Waals surface area contributed by atoms with Crippen LogP contribution >= 0.6 is 27.3 Å². The standard InChI is InChI=1S/C25H25BrFN3O2S/c1-17-12-13-33-23(17)15-29(14-18-2-6-20(27)7-3-18)24(31)16-30(22-10-11-22)25(32)28-21-8-4-19(26)5-9-21/h2-9,12-13,22H,10-11,14-16H2,1H3,(H,28,32). The molecule has 172 valence electrons. The van der Waals surface area contributed by atoms with Crippen LogP contribution in [-0.2, 0) is 17.9 Å². The van der Waals surface area contributed by atoms with Crippen LogP contribution in [0.3, 0.4) is 0 Å². The Morgan fingerprint density at radius 1 is 1.06 bits per heavy atom. The summed E-state index contributed by atoms with van der Waals surface area (Å²) in [6.07, 6.45) is 1.78. The van der Waals surface area contributed by atoms with Gasteiger partial charge in [-0.3, -0.25) is 4.79 Å². The lowest BCUT2D eigenvalue weighted by Gasteiger charge is -2.28. The van der Waals surface area contributed by atoms with Crippen LogP contribution in [0.4, 0.5) is 14.9 Å². The van der Waals surface area contributed by atoms with Gasteiger partial charge in [-0.15, -0.1) is 11.3 Å². The topological polar surface area (TPSA) is 52.7 Å². The number of anilines is 1. The van der Waals surface area contributed by atoms with Crippen LogP contribution in [0.15, 0.2) is 64.5 Å². The SMILES string of the molecule is Cc1ccsc1CN(Cc1ccc(F)cc1)C(=O)CN(C(=O)Nc1ccc(Br)cc1)C1CC1. The minimum Gasteiger partial charge on any atom is -0.332 e. The predicted molar refractivity (Wildman–Crippen MR) is 133 cm³/mol. The lowest BCUT2D eigenvalue weighted by atomic mass is 10.2. The van der Waals surface area contributed by atoms with Crippen molar-refractivity contribution in [3.63, 3.8) is 0 Å². The molecule has 1 saturated carbocycles. The minimum atomic E-state index is -0.310. The molecule has 8 heteroatoms. The summed E-state index contributed by atoms with van der Waals surface area (Å²) in [5, 5.41) is 4.91. The maximum atomic E-state index is 13.4. The van der Waals surface area contributed by atoms with E-state index in [2.05, 4.69) is 21.2 Å². The van der Waals surface area contributed by atoms with E-state index in [1.807, 2.05) is 42.6 Å². The van der Waals surface area contributed by atoms with E-state index in [0.717, 1.165) is 33.3 Å². The predicted octanol–water partition coefficient (Wildman–Crippen LogP) is 6.18. The number of nitrogens with one attached hydrogen (secondary N) is 1. The smallest absolute Gasteiger partial charge is 0.322 e. The molecular weight excluding hydrogens is 505 g/mol. The number of carbonyl (C=O) groups is 2. The van der Waals surface area contributed by atoms with Crippen molar-refractivity contribution in [3.8, 4) is 0 Å². The van der Waals surface area contributed by atoms with E-state index in [0.29, 0.717) is 18.8 Å². The third-order valence-corrected chi connectivity index (χ3v) is 7.13. The van der Waals surface area contributed by atoms with Crippen LogP contribution < -0.4 is 5.32 Å². The quantitative estimate of drug-likeness (QED) is 0.378. The molecule has 4 rings (SSSR count). The van der Waals surface area contributed by atoms with Crippen LogP contribution in [0.25, 0.3) is 0 Å². The molecule has 0 aliphatic heterocycles. The fourth-order valence-corrected chi connectivity index (χ4v) is 4.69. The van der Waals surface area contributed by atoms with Gasteiger partial charge < -0.3 is 15.1 Å². The summed E-state index contributed by atoms with van der Waals surface area (Å²) < 4.78 is 14.3. The number of urea groups is 1. The highest BCUT2D eigenvalue weighted by molar-refractivity contribution is 9.10. The van der Waals surface area contributed by atoms with Gasteiger partial charge in [0.15, 0.2) is 0 Å². The molecule has 0 atom stereocenters. The molecule has 5 nitrogen and oxygen atoms in total. The second-order valence-electron chi connectivity index (χ2n) is 8.20. The Labute approximate surface area is 205 Å². The molecule has 1 heterocycles. The zero-order valence-corrected chi connectivity index (χ0v) is 20.7. The highest BCUT2D eigenvalue weighted by Crippen LogP contribution is 2.28. The zero-order chi connectivity index (χ0) is 23.4. The first-order valence-electron chi connectivity index (χ1n) is 10.8. The molecule has 1 aromatic heterocycles. The van der Waals surface area contributed by atoms with Crippen molar-refractivity contribution in [2.45, 2.75) is 38.9 Å². The normalized spacial score (nSPS) is 12.9. The van der Waals surface area contributed by atoms with E-state index in [4.69, 9.17) is 0 Å². The molecule has 1 aliphatic carbocycles.